The number of thioether (sulfide) groups is 1. The van der Waals surface area contributed by atoms with Crippen LogP contribution in [0.5, 0.6) is 0 Å². The first-order chi connectivity index (χ1) is 13.6. The van der Waals surface area contributed by atoms with Gasteiger partial charge in [0.1, 0.15) is 0 Å². The molecule has 3 nitrogen and oxygen atoms in total. The molecule has 0 aromatic rings. The first-order valence-corrected chi connectivity index (χ1v) is 12.6. The fourth-order valence-electron chi connectivity index (χ4n) is 3.14. The first-order valence-electron chi connectivity index (χ1n) is 11.6. The predicted octanol–water partition coefficient (Wildman–Crippen LogP) is 7.63. The van der Waals surface area contributed by atoms with E-state index in [1.807, 2.05) is 6.92 Å². The fourth-order valence-corrected chi connectivity index (χ4v) is 3.96. The standard InChI is InChI=1S/C24H44O3S/c1-4-6-7-8-9-10-11-12-13-14-15-16-17-18-19-20-23(25)27-24(26)21-22(3)28-5-2/h12-13,22H,4-11,14-21H2,1-3H3/b13-12-. The van der Waals surface area contributed by atoms with E-state index in [0.717, 1.165) is 25.0 Å². The van der Waals surface area contributed by atoms with Gasteiger partial charge in [0.2, 0.25) is 0 Å². The van der Waals surface area contributed by atoms with E-state index in [4.69, 9.17) is 4.74 Å². The van der Waals surface area contributed by atoms with Crippen LogP contribution in [-0.2, 0) is 14.3 Å². The minimum atomic E-state index is -0.383. The Morgan fingerprint density at radius 2 is 1.32 bits per heavy atom. The van der Waals surface area contributed by atoms with Gasteiger partial charge in [-0.15, -0.1) is 0 Å². The number of hydrogen-bond donors (Lipinski definition) is 0. The van der Waals surface area contributed by atoms with Crippen molar-refractivity contribution < 1.29 is 14.3 Å². The van der Waals surface area contributed by atoms with E-state index >= 15 is 0 Å². The fraction of sp³-hybridized carbons (Fsp3) is 0.833. The Morgan fingerprint density at radius 3 is 1.89 bits per heavy atom. The second-order valence-electron chi connectivity index (χ2n) is 7.65. The summed E-state index contributed by atoms with van der Waals surface area (Å²) < 4.78 is 4.89. The SMILES string of the molecule is CCCCCCCC/C=C\CCCCCCCC(=O)OC(=O)CC(C)SCC. The zero-order valence-electron chi connectivity index (χ0n) is 18.7. The summed E-state index contributed by atoms with van der Waals surface area (Å²) in [6.45, 7) is 6.31. The van der Waals surface area contributed by atoms with Crippen molar-refractivity contribution in [3.05, 3.63) is 12.2 Å². The Hall–Kier alpha value is -0.770. The molecule has 0 amide bonds. The Morgan fingerprint density at radius 1 is 0.786 bits per heavy atom. The molecule has 164 valence electrons. The molecule has 1 unspecified atom stereocenters. The number of esters is 2. The highest BCUT2D eigenvalue weighted by atomic mass is 32.2. The Labute approximate surface area is 178 Å². The van der Waals surface area contributed by atoms with Gasteiger partial charge in [-0.2, -0.15) is 11.8 Å². The summed E-state index contributed by atoms with van der Waals surface area (Å²) in [5.41, 5.74) is 0. The molecule has 0 rings (SSSR count). The molecular weight excluding hydrogens is 368 g/mol. The van der Waals surface area contributed by atoms with Crippen LogP contribution in [0.4, 0.5) is 0 Å². The molecule has 0 heterocycles. The van der Waals surface area contributed by atoms with Gasteiger partial charge in [-0.1, -0.05) is 84.3 Å². The molecule has 4 heteroatoms. The molecule has 0 saturated carbocycles. The van der Waals surface area contributed by atoms with Crippen molar-refractivity contribution in [3.63, 3.8) is 0 Å². The van der Waals surface area contributed by atoms with E-state index in [0.29, 0.717) is 12.8 Å². The predicted molar refractivity (Wildman–Crippen MR) is 123 cm³/mol. The first kappa shape index (κ1) is 27.2. The molecule has 0 saturated heterocycles. The van der Waals surface area contributed by atoms with Crippen LogP contribution in [0.1, 0.15) is 117 Å². The number of hydrogen-bond acceptors (Lipinski definition) is 4. The van der Waals surface area contributed by atoms with Crippen LogP contribution in [-0.4, -0.2) is 22.9 Å². The van der Waals surface area contributed by atoms with E-state index in [9.17, 15) is 9.59 Å². The molecule has 0 aliphatic heterocycles. The highest BCUT2D eigenvalue weighted by Gasteiger charge is 2.14. The van der Waals surface area contributed by atoms with Gasteiger partial charge in [0.05, 0.1) is 6.42 Å². The topological polar surface area (TPSA) is 43.4 Å². The normalized spacial score (nSPS) is 12.4. The van der Waals surface area contributed by atoms with Crippen LogP contribution in [0, 0.1) is 0 Å². The molecule has 1 atom stereocenters. The van der Waals surface area contributed by atoms with Gasteiger partial charge in [0.25, 0.3) is 0 Å². The van der Waals surface area contributed by atoms with E-state index in [-0.39, 0.29) is 17.2 Å². The second kappa shape index (κ2) is 21.0. The molecule has 0 aliphatic rings. The highest BCUT2D eigenvalue weighted by molar-refractivity contribution is 7.99. The van der Waals surface area contributed by atoms with Gasteiger partial charge in [0, 0.05) is 11.7 Å². The van der Waals surface area contributed by atoms with E-state index in [2.05, 4.69) is 26.0 Å². The Bertz CT molecular complexity index is 407. The lowest BCUT2D eigenvalue weighted by atomic mass is 10.1. The van der Waals surface area contributed by atoms with Crippen LogP contribution >= 0.6 is 11.8 Å². The molecule has 0 aromatic carbocycles. The van der Waals surface area contributed by atoms with E-state index in [1.54, 1.807) is 11.8 Å². The highest BCUT2D eigenvalue weighted by Crippen LogP contribution is 2.14. The van der Waals surface area contributed by atoms with Crippen LogP contribution in [0.15, 0.2) is 12.2 Å². The largest absolute Gasteiger partial charge is 0.393 e. The number of unbranched alkanes of at least 4 members (excludes halogenated alkanes) is 11. The third kappa shape index (κ3) is 20.0. The van der Waals surface area contributed by atoms with Crippen molar-refractivity contribution in [3.8, 4) is 0 Å². The summed E-state index contributed by atoms with van der Waals surface area (Å²) in [6.07, 6.45) is 21.4. The van der Waals surface area contributed by atoms with Crippen molar-refractivity contribution in [2.45, 2.75) is 122 Å². The zero-order chi connectivity index (χ0) is 20.9. The lowest BCUT2D eigenvalue weighted by Gasteiger charge is -2.08. The summed E-state index contributed by atoms with van der Waals surface area (Å²) in [6, 6.07) is 0. The van der Waals surface area contributed by atoms with Gasteiger partial charge in [-0.25, -0.2) is 0 Å². The van der Waals surface area contributed by atoms with Gasteiger partial charge in [-0.05, 0) is 37.9 Å². The minimum Gasteiger partial charge on any atom is -0.393 e. The smallest absolute Gasteiger partial charge is 0.314 e. The lowest BCUT2D eigenvalue weighted by molar-refractivity contribution is -0.159. The lowest BCUT2D eigenvalue weighted by Crippen LogP contribution is -2.15. The summed E-state index contributed by atoms with van der Waals surface area (Å²) in [4.78, 5) is 23.3. The molecule has 0 radical (unpaired) electrons. The molecule has 0 fully saturated rings. The molecule has 0 aromatic heterocycles. The molecule has 0 bridgehead atoms. The van der Waals surface area contributed by atoms with Gasteiger partial charge in [-0.3, -0.25) is 9.59 Å². The molecule has 0 N–H and O–H groups in total. The zero-order valence-corrected chi connectivity index (χ0v) is 19.5. The summed E-state index contributed by atoms with van der Waals surface area (Å²) in [7, 11) is 0. The average molecular weight is 413 g/mol. The molecular formula is C24H44O3S. The number of ether oxygens (including phenoxy) is 1. The maximum absolute atomic E-state index is 11.7. The maximum atomic E-state index is 11.7. The van der Waals surface area contributed by atoms with Gasteiger partial charge in [0.15, 0.2) is 0 Å². The van der Waals surface area contributed by atoms with Crippen LogP contribution in [0.25, 0.3) is 0 Å². The molecule has 0 aliphatic carbocycles. The molecule has 0 spiro atoms. The quantitative estimate of drug-likeness (QED) is 0.0946. The number of carbonyl (C=O) groups is 2. The van der Waals surface area contributed by atoms with Crippen LogP contribution in [0.3, 0.4) is 0 Å². The van der Waals surface area contributed by atoms with Crippen molar-refractivity contribution in [1.82, 2.24) is 0 Å². The third-order valence-electron chi connectivity index (χ3n) is 4.78. The molecule has 28 heavy (non-hydrogen) atoms. The number of allylic oxidation sites excluding steroid dienone is 2. The van der Waals surface area contributed by atoms with Crippen LogP contribution < -0.4 is 0 Å². The van der Waals surface area contributed by atoms with Crippen molar-refractivity contribution in [1.29, 1.82) is 0 Å². The van der Waals surface area contributed by atoms with Gasteiger partial charge >= 0.3 is 11.9 Å². The number of rotatable bonds is 19. The van der Waals surface area contributed by atoms with E-state index < -0.39 is 0 Å². The summed E-state index contributed by atoms with van der Waals surface area (Å²) in [5.74, 6) is 0.222. The summed E-state index contributed by atoms with van der Waals surface area (Å²) >= 11 is 1.71. The minimum absolute atomic E-state index is 0.213. The van der Waals surface area contributed by atoms with Gasteiger partial charge < -0.3 is 4.74 Å². The van der Waals surface area contributed by atoms with Crippen LogP contribution in [0.2, 0.25) is 0 Å². The van der Waals surface area contributed by atoms with E-state index in [1.165, 1.54) is 64.2 Å². The average Bonchev–Trinajstić information content (AvgIpc) is 2.64. The maximum Gasteiger partial charge on any atom is 0.314 e. The third-order valence-corrected chi connectivity index (χ3v) is 5.84. The van der Waals surface area contributed by atoms with Crippen molar-refractivity contribution >= 4 is 23.7 Å². The van der Waals surface area contributed by atoms with Crippen molar-refractivity contribution in [2.75, 3.05) is 5.75 Å². The monoisotopic (exact) mass is 412 g/mol. The summed E-state index contributed by atoms with van der Waals surface area (Å²) in [5, 5.41) is 0.213. The number of carbonyl (C=O) groups excluding carboxylic acids is 2. The van der Waals surface area contributed by atoms with Crippen molar-refractivity contribution in [2.24, 2.45) is 0 Å². The Kier molecular flexibility index (Phi) is 20.4. The Balaban J connectivity index is 3.39. The second-order valence-corrected chi connectivity index (χ2v) is 9.37.